The molecule has 1 N–H and O–H groups in total. The molecule has 96 valence electrons. The third kappa shape index (κ3) is 5.20. The first-order valence-corrected chi connectivity index (χ1v) is 6.23. The number of rotatable bonds is 8. The summed E-state index contributed by atoms with van der Waals surface area (Å²) < 4.78 is 11.0. The predicted octanol–water partition coefficient (Wildman–Crippen LogP) is 2.94. The molecule has 1 atom stereocenters. The zero-order valence-corrected chi connectivity index (χ0v) is 10.7. The highest BCUT2D eigenvalue weighted by Crippen LogP contribution is 2.24. The molecule has 0 amide bonds. The van der Waals surface area contributed by atoms with Gasteiger partial charge in [-0.15, -0.1) is 0 Å². The molecule has 1 aromatic carbocycles. The lowest BCUT2D eigenvalue weighted by atomic mass is 10.1. The molecule has 0 spiro atoms. The molecule has 0 radical (unpaired) electrons. The van der Waals surface area contributed by atoms with Crippen molar-refractivity contribution in [1.29, 1.82) is 0 Å². The standard InChI is InChI=1S/C14H22O3/c1-3-4-9-16-10-11-17-14-8-6-5-7-13(14)12(2)15/h5-8,12,15H,3-4,9-11H2,1-2H3/t12-/m1/s1. The largest absolute Gasteiger partial charge is 0.491 e. The zero-order chi connectivity index (χ0) is 12.5. The Balaban J connectivity index is 2.31. The van der Waals surface area contributed by atoms with Gasteiger partial charge in [0.05, 0.1) is 12.7 Å². The van der Waals surface area contributed by atoms with Gasteiger partial charge in [-0.25, -0.2) is 0 Å². The number of unbranched alkanes of at least 4 members (excludes halogenated alkanes) is 1. The van der Waals surface area contributed by atoms with Gasteiger partial charge in [-0.05, 0) is 19.4 Å². The molecule has 1 aromatic rings. The lowest BCUT2D eigenvalue weighted by molar-refractivity contribution is 0.0962. The fraction of sp³-hybridized carbons (Fsp3) is 0.571. The number of ether oxygens (including phenoxy) is 2. The van der Waals surface area contributed by atoms with Gasteiger partial charge in [-0.1, -0.05) is 31.5 Å². The zero-order valence-electron chi connectivity index (χ0n) is 10.7. The SMILES string of the molecule is CCCCOCCOc1ccccc1[C@@H](C)O. The summed E-state index contributed by atoms with van der Waals surface area (Å²) in [4.78, 5) is 0. The summed E-state index contributed by atoms with van der Waals surface area (Å²) in [7, 11) is 0. The van der Waals surface area contributed by atoms with Gasteiger partial charge in [0.15, 0.2) is 0 Å². The van der Waals surface area contributed by atoms with Crippen LogP contribution in [0.25, 0.3) is 0 Å². The van der Waals surface area contributed by atoms with Crippen molar-refractivity contribution in [1.82, 2.24) is 0 Å². The second-order valence-electron chi connectivity index (χ2n) is 4.03. The fourth-order valence-corrected chi connectivity index (χ4v) is 1.52. The second-order valence-corrected chi connectivity index (χ2v) is 4.03. The molecule has 0 aliphatic rings. The molecule has 17 heavy (non-hydrogen) atoms. The predicted molar refractivity (Wildman–Crippen MR) is 68.3 cm³/mol. The van der Waals surface area contributed by atoms with E-state index in [2.05, 4.69) is 6.92 Å². The molecule has 0 unspecified atom stereocenters. The summed E-state index contributed by atoms with van der Waals surface area (Å²) in [6.07, 6.45) is 1.72. The van der Waals surface area contributed by atoms with Crippen LogP contribution in [0.1, 0.15) is 38.4 Å². The first-order chi connectivity index (χ1) is 8.25. The van der Waals surface area contributed by atoms with Crippen LogP contribution in [0.5, 0.6) is 5.75 Å². The van der Waals surface area contributed by atoms with Crippen molar-refractivity contribution < 1.29 is 14.6 Å². The number of aliphatic hydroxyl groups is 1. The minimum atomic E-state index is -0.507. The quantitative estimate of drug-likeness (QED) is 0.708. The van der Waals surface area contributed by atoms with E-state index < -0.39 is 6.10 Å². The van der Waals surface area contributed by atoms with Gasteiger partial charge in [0, 0.05) is 12.2 Å². The summed E-state index contributed by atoms with van der Waals surface area (Å²) in [6.45, 7) is 5.78. The molecule has 0 aliphatic heterocycles. The average molecular weight is 238 g/mol. The Morgan fingerprint density at radius 1 is 1.18 bits per heavy atom. The molecule has 3 nitrogen and oxygen atoms in total. The van der Waals surface area contributed by atoms with Crippen LogP contribution >= 0.6 is 0 Å². The third-order valence-electron chi connectivity index (χ3n) is 2.50. The highest BCUT2D eigenvalue weighted by molar-refractivity contribution is 5.34. The van der Waals surface area contributed by atoms with Crippen LogP contribution in [-0.4, -0.2) is 24.9 Å². The summed E-state index contributed by atoms with van der Waals surface area (Å²) in [5.41, 5.74) is 0.820. The van der Waals surface area contributed by atoms with E-state index in [9.17, 15) is 5.11 Å². The number of para-hydroxylation sites is 1. The monoisotopic (exact) mass is 238 g/mol. The molecule has 0 aromatic heterocycles. The van der Waals surface area contributed by atoms with Crippen LogP contribution in [-0.2, 0) is 4.74 Å². The molecule has 1 rings (SSSR count). The highest BCUT2D eigenvalue weighted by Gasteiger charge is 2.07. The Morgan fingerprint density at radius 2 is 1.94 bits per heavy atom. The van der Waals surface area contributed by atoms with Crippen LogP contribution in [0.15, 0.2) is 24.3 Å². The fourth-order valence-electron chi connectivity index (χ4n) is 1.52. The first-order valence-electron chi connectivity index (χ1n) is 6.23. The van der Waals surface area contributed by atoms with E-state index in [1.165, 1.54) is 0 Å². The van der Waals surface area contributed by atoms with Crippen molar-refractivity contribution in [2.45, 2.75) is 32.8 Å². The van der Waals surface area contributed by atoms with Crippen molar-refractivity contribution >= 4 is 0 Å². The lowest BCUT2D eigenvalue weighted by Crippen LogP contribution is -2.09. The van der Waals surface area contributed by atoms with Gasteiger partial charge in [-0.3, -0.25) is 0 Å². The summed E-state index contributed by atoms with van der Waals surface area (Å²) in [5.74, 6) is 0.738. The minimum Gasteiger partial charge on any atom is -0.491 e. The maximum atomic E-state index is 9.57. The topological polar surface area (TPSA) is 38.7 Å². The Bertz CT molecular complexity index is 310. The van der Waals surface area contributed by atoms with Gasteiger partial charge in [0.1, 0.15) is 12.4 Å². The lowest BCUT2D eigenvalue weighted by Gasteiger charge is -2.13. The molecule has 0 bridgehead atoms. The summed E-state index contributed by atoms with van der Waals surface area (Å²) in [5, 5.41) is 9.57. The minimum absolute atomic E-state index is 0.507. The van der Waals surface area contributed by atoms with Crippen LogP contribution in [0.4, 0.5) is 0 Å². The Hall–Kier alpha value is -1.06. The van der Waals surface area contributed by atoms with Crippen molar-refractivity contribution in [3.8, 4) is 5.75 Å². The first kappa shape index (κ1) is 14.0. The smallest absolute Gasteiger partial charge is 0.125 e. The Kier molecular flexibility index (Phi) is 6.67. The van der Waals surface area contributed by atoms with E-state index >= 15 is 0 Å². The van der Waals surface area contributed by atoms with Crippen molar-refractivity contribution in [2.75, 3.05) is 19.8 Å². The van der Waals surface area contributed by atoms with E-state index in [0.29, 0.717) is 13.2 Å². The molecule has 0 saturated heterocycles. The highest BCUT2D eigenvalue weighted by atomic mass is 16.5. The molecule has 0 heterocycles. The molecule has 0 saturated carbocycles. The van der Waals surface area contributed by atoms with Crippen molar-refractivity contribution in [2.24, 2.45) is 0 Å². The number of hydrogen-bond donors (Lipinski definition) is 1. The molecule has 3 heteroatoms. The summed E-state index contributed by atoms with van der Waals surface area (Å²) >= 11 is 0. The van der Waals surface area contributed by atoms with E-state index in [0.717, 1.165) is 30.8 Å². The van der Waals surface area contributed by atoms with E-state index in [4.69, 9.17) is 9.47 Å². The van der Waals surface area contributed by atoms with E-state index in [-0.39, 0.29) is 0 Å². The van der Waals surface area contributed by atoms with E-state index in [1.807, 2.05) is 24.3 Å². The van der Waals surface area contributed by atoms with Crippen LogP contribution in [0.2, 0.25) is 0 Å². The number of benzene rings is 1. The third-order valence-corrected chi connectivity index (χ3v) is 2.50. The average Bonchev–Trinajstić information content (AvgIpc) is 2.34. The van der Waals surface area contributed by atoms with Crippen molar-refractivity contribution in [3.05, 3.63) is 29.8 Å². The van der Waals surface area contributed by atoms with Crippen LogP contribution in [0, 0.1) is 0 Å². The summed E-state index contributed by atoms with van der Waals surface area (Å²) in [6, 6.07) is 7.54. The van der Waals surface area contributed by atoms with Gasteiger partial charge in [0.25, 0.3) is 0 Å². The van der Waals surface area contributed by atoms with Crippen LogP contribution < -0.4 is 4.74 Å². The van der Waals surface area contributed by atoms with Gasteiger partial charge < -0.3 is 14.6 Å². The van der Waals surface area contributed by atoms with Crippen molar-refractivity contribution in [3.63, 3.8) is 0 Å². The normalized spacial score (nSPS) is 12.4. The number of hydrogen-bond acceptors (Lipinski definition) is 3. The Labute approximate surface area is 103 Å². The maximum Gasteiger partial charge on any atom is 0.125 e. The molecular formula is C14H22O3. The second kappa shape index (κ2) is 8.09. The van der Waals surface area contributed by atoms with Gasteiger partial charge in [0.2, 0.25) is 0 Å². The van der Waals surface area contributed by atoms with E-state index in [1.54, 1.807) is 6.92 Å². The maximum absolute atomic E-state index is 9.57. The molecule has 0 aliphatic carbocycles. The number of aliphatic hydroxyl groups excluding tert-OH is 1. The van der Waals surface area contributed by atoms with Gasteiger partial charge in [-0.2, -0.15) is 0 Å². The van der Waals surface area contributed by atoms with Crippen LogP contribution in [0.3, 0.4) is 0 Å². The Morgan fingerprint density at radius 3 is 2.65 bits per heavy atom. The van der Waals surface area contributed by atoms with Gasteiger partial charge >= 0.3 is 0 Å². The molecule has 0 fully saturated rings. The molecular weight excluding hydrogens is 216 g/mol.